The lowest BCUT2D eigenvalue weighted by molar-refractivity contribution is 0.0591. The van der Waals surface area contributed by atoms with Gasteiger partial charge in [-0.15, -0.1) is 0 Å². The maximum Gasteiger partial charge on any atom is 0.343 e. The first-order valence-electron chi connectivity index (χ1n) is 9.13. The molecule has 0 bridgehead atoms. The number of rotatable bonds is 5. The van der Waals surface area contributed by atoms with Crippen molar-refractivity contribution < 1.29 is 14.3 Å². The zero-order valence-electron chi connectivity index (χ0n) is 16.0. The Hall–Kier alpha value is -2.67. The molecule has 144 valence electrons. The van der Waals surface area contributed by atoms with Crippen molar-refractivity contribution >= 4 is 5.97 Å². The smallest absolute Gasteiger partial charge is 0.343 e. The molecule has 7 nitrogen and oxygen atoms in total. The predicted octanol–water partition coefficient (Wildman–Crippen LogP) is 1.88. The van der Waals surface area contributed by atoms with E-state index in [4.69, 9.17) is 9.47 Å². The zero-order chi connectivity index (χ0) is 19.4. The van der Waals surface area contributed by atoms with E-state index in [1.807, 2.05) is 32.0 Å². The number of methoxy groups -OCH3 is 1. The first-order valence-corrected chi connectivity index (χ1v) is 9.13. The van der Waals surface area contributed by atoms with E-state index in [0.29, 0.717) is 49.6 Å². The number of hydrogen-bond donors (Lipinski definition) is 0. The third-order valence-electron chi connectivity index (χ3n) is 4.55. The molecule has 0 radical (unpaired) electrons. The number of ether oxygens (including phenoxy) is 2. The molecule has 0 amide bonds. The van der Waals surface area contributed by atoms with Gasteiger partial charge in [0.1, 0.15) is 11.3 Å². The molecule has 0 aromatic carbocycles. The highest BCUT2D eigenvalue weighted by atomic mass is 16.5. The molecule has 2 aromatic rings. The quantitative estimate of drug-likeness (QED) is 0.747. The number of nitrogens with zero attached hydrogens (tertiary/aromatic N) is 3. The second-order valence-electron chi connectivity index (χ2n) is 6.83. The number of carbonyl (C=O) groups excluding carboxylic acids is 1. The van der Waals surface area contributed by atoms with Crippen LogP contribution in [0.3, 0.4) is 0 Å². The van der Waals surface area contributed by atoms with Gasteiger partial charge in [-0.05, 0) is 26.0 Å². The van der Waals surface area contributed by atoms with Gasteiger partial charge < -0.3 is 14.0 Å². The summed E-state index contributed by atoms with van der Waals surface area (Å²) in [6.45, 7) is 6.34. The second-order valence-corrected chi connectivity index (χ2v) is 6.83. The third-order valence-corrected chi connectivity index (χ3v) is 4.55. The SMILES string of the molecule is COC(=O)c1c(OC(C)C)cc(=O)n2c1CCN(Cc1ccccn1)CC2. The van der Waals surface area contributed by atoms with Gasteiger partial charge in [-0.25, -0.2) is 4.79 Å². The fourth-order valence-electron chi connectivity index (χ4n) is 3.34. The number of pyridine rings is 2. The van der Waals surface area contributed by atoms with Crippen LogP contribution in [0.2, 0.25) is 0 Å². The van der Waals surface area contributed by atoms with E-state index in [1.165, 1.54) is 13.2 Å². The van der Waals surface area contributed by atoms with Crippen LogP contribution < -0.4 is 10.3 Å². The number of fused-ring (bicyclic) bond motifs is 1. The minimum atomic E-state index is -0.479. The van der Waals surface area contributed by atoms with E-state index >= 15 is 0 Å². The topological polar surface area (TPSA) is 73.7 Å². The summed E-state index contributed by atoms with van der Waals surface area (Å²) in [5.74, 6) is -0.182. The predicted molar refractivity (Wildman–Crippen MR) is 101 cm³/mol. The average molecular weight is 371 g/mol. The van der Waals surface area contributed by atoms with Crippen molar-refractivity contribution in [2.24, 2.45) is 0 Å². The Morgan fingerprint density at radius 2 is 2.07 bits per heavy atom. The van der Waals surface area contributed by atoms with E-state index in [0.717, 1.165) is 5.69 Å². The molecule has 0 atom stereocenters. The average Bonchev–Trinajstić information content (AvgIpc) is 2.85. The molecule has 0 spiro atoms. The molecule has 0 unspecified atom stereocenters. The van der Waals surface area contributed by atoms with Crippen LogP contribution >= 0.6 is 0 Å². The first-order chi connectivity index (χ1) is 13.0. The zero-order valence-corrected chi connectivity index (χ0v) is 16.0. The summed E-state index contributed by atoms with van der Waals surface area (Å²) in [4.78, 5) is 31.7. The number of esters is 1. The lowest BCUT2D eigenvalue weighted by Crippen LogP contribution is -2.29. The Labute approximate surface area is 158 Å². The van der Waals surface area contributed by atoms with E-state index < -0.39 is 5.97 Å². The highest BCUT2D eigenvalue weighted by Crippen LogP contribution is 2.25. The first kappa shape index (κ1) is 19.1. The van der Waals surface area contributed by atoms with Gasteiger partial charge in [0, 0.05) is 50.6 Å². The van der Waals surface area contributed by atoms with Gasteiger partial charge in [-0.1, -0.05) is 6.07 Å². The molecule has 7 heteroatoms. The summed E-state index contributed by atoms with van der Waals surface area (Å²) in [5.41, 5.74) is 1.85. The van der Waals surface area contributed by atoms with E-state index in [-0.39, 0.29) is 11.7 Å². The van der Waals surface area contributed by atoms with Crippen molar-refractivity contribution in [3.8, 4) is 5.75 Å². The fourth-order valence-corrected chi connectivity index (χ4v) is 3.34. The maximum atomic E-state index is 12.6. The summed E-state index contributed by atoms with van der Waals surface area (Å²) in [6.07, 6.45) is 2.18. The van der Waals surface area contributed by atoms with Crippen LogP contribution in [0.1, 0.15) is 35.6 Å². The normalized spacial score (nSPS) is 14.5. The molecular formula is C20H25N3O4. The summed E-state index contributed by atoms with van der Waals surface area (Å²) < 4.78 is 12.4. The minimum absolute atomic E-state index is 0.151. The van der Waals surface area contributed by atoms with Gasteiger partial charge in [0.15, 0.2) is 0 Å². The van der Waals surface area contributed by atoms with Gasteiger partial charge in [0.2, 0.25) is 0 Å². The summed E-state index contributed by atoms with van der Waals surface area (Å²) >= 11 is 0. The molecule has 1 aliphatic heterocycles. The minimum Gasteiger partial charge on any atom is -0.490 e. The van der Waals surface area contributed by atoms with Gasteiger partial charge in [0.05, 0.1) is 18.9 Å². The lowest BCUT2D eigenvalue weighted by atomic mass is 10.1. The van der Waals surface area contributed by atoms with Crippen LogP contribution in [0.25, 0.3) is 0 Å². The van der Waals surface area contributed by atoms with Crippen molar-refractivity contribution in [3.05, 3.63) is 57.8 Å². The van der Waals surface area contributed by atoms with E-state index in [1.54, 1.807) is 10.8 Å². The molecule has 0 N–H and O–H groups in total. The molecule has 3 heterocycles. The van der Waals surface area contributed by atoms with Crippen molar-refractivity contribution in [3.63, 3.8) is 0 Å². The molecule has 0 saturated heterocycles. The van der Waals surface area contributed by atoms with Crippen molar-refractivity contribution in [2.75, 3.05) is 20.2 Å². The van der Waals surface area contributed by atoms with Crippen LogP contribution in [-0.4, -0.2) is 46.7 Å². The lowest BCUT2D eigenvalue weighted by Gasteiger charge is -2.18. The third kappa shape index (κ3) is 4.36. The molecule has 0 fully saturated rings. The standard InChI is InChI=1S/C20H25N3O4/c1-14(2)27-17-12-18(24)23-11-10-22(13-15-6-4-5-8-21-15)9-7-16(23)19(17)20(25)26-3/h4-6,8,12,14H,7,9-11,13H2,1-3H3. The summed E-state index contributed by atoms with van der Waals surface area (Å²) in [5, 5.41) is 0. The second kappa shape index (κ2) is 8.35. The number of carbonyl (C=O) groups is 1. The van der Waals surface area contributed by atoms with Crippen LogP contribution in [0.4, 0.5) is 0 Å². The molecule has 1 aliphatic rings. The molecular weight excluding hydrogens is 346 g/mol. The van der Waals surface area contributed by atoms with Gasteiger partial charge in [-0.3, -0.25) is 14.7 Å². The maximum absolute atomic E-state index is 12.6. The van der Waals surface area contributed by atoms with E-state index in [9.17, 15) is 9.59 Å². The monoisotopic (exact) mass is 371 g/mol. The Kier molecular flexibility index (Phi) is 5.91. The van der Waals surface area contributed by atoms with Crippen LogP contribution in [0.5, 0.6) is 5.75 Å². The van der Waals surface area contributed by atoms with Gasteiger partial charge in [-0.2, -0.15) is 0 Å². The number of aromatic nitrogens is 2. The van der Waals surface area contributed by atoms with Gasteiger partial charge in [0.25, 0.3) is 5.56 Å². The van der Waals surface area contributed by atoms with E-state index in [2.05, 4.69) is 9.88 Å². The molecule has 0 aliphatic carbocycles. The van der Waals surface area contributed by atoms with Crippen LogP contribution in [0.15, 0.2) is 35.3 Å². The summed E-state index contributed by atoms with van der Waals surface area (Å²) in [6, 6.07) is 7.23. The Morgan fingerprint density at radius 1 is 1.26 bits per heavy atom. The van der Waals surface area contributed by atoms with Crippen molar-refractivity contribution in [2.45, 2.75) is 39.5 Å². The molecule has 2 aromatic heterocycles. The largest absolute Gasteiger partial charge is 0.490 e. The fraction of sp³-hybridized carbons (Fsp3) is 0.450. The number of hydrogen-bond acceptors (Lipinski definition) is 6. The Morgan fingerprint density at radius 3 is 2.74 bits per heavy atom. The highest BCUT2D eigenvalue weighted by molar-refractivity contribution is 5.93. The Balaban J connectivity index is 1.93. The Bertz CT molecular complexity index is 862. The van der Waals surface area contributed by atoms with Crippen molar-refractivity contribution in [1.29, 1.82) is 0 Å². The van der Waals surface area contributed by atoms with Crippen LogP contribution in [0, 0.1) is 0 Å². The van der Waals surface area contributed by atoms with Crippen LogP contribution in [-0.2, 0) is 24.2 Å². The molecule has 3 rings (SSSR count). The molecule has 27 heavy (non-hydrogen) atoms. The molecule has 0 saturated carbocycles. The summed E-state index contributed by atoms with van der Waals surface area (Å²) in [7, 11) is 1.34. The van der Waals surface area contributed by atoms with Gasteiger partial charge >= 0.3 is 5.97 Å². The highest BCUT2D eigenvalue weighted by Gasteiger charge is 2.26. The van der Waals surface area contributed by atoms with Crippen molar-refractivity contribution in [1.82, 2.24) is 14.5 Å².